The van der Waals surface area contributed by atoms with Crippen molar-refractivity contribution in [3.63, 3.8) is 0 Å². The summed E-state index contributed by atoms with van der Waals surface area (Å²) in [6.07, 6.45) is 0. The number of anilines is 2. The van der Waals surface area contributed by atoms with Crippen molar-refractivity contribution < 1.29 is 9.18 Å². The second-order valence-corrected chi connectivity index (χ2v) is 5.71. The summed E-state index contributed by atoms with van der Waals surface area (Å²) in [5.74, 6) is -0.977. The first-order valence-corrected chi connectivity index (χ1v) is 6.36. The molecule has 3 N–H and O–H groups in total. The van der Waals surface area contributed by atoms with Crippen molar-refractivity contribution in [2.45, 2.75) is 0 Å². The van der Waals surface area contributed by atoms with E-state index in [0.29, 0.717) is 4.34 Å². The molecule has 0 aliphatic rings. The second kappa shape index (κ2) is 5.14. The lowest BCUT2D eigenvalue weighted by Gasteiger charge is -2.07. The molecule has 94 valence electrons. The lowest BCUT2D eigenvalue weighted by molar-refractivity contribution is 0.102. The van der Waals surface area contributed by atoms with Crippen molar-refractivity contribution in [2.24, 2.45) is 0 Å². The molecule has 18 heavy (non-hydrogen) atoms. The molecule has 7 heteroatoms. The van der Waals surface area contributed by atoms with Crippen LogP contribution in [0.15, 0.2) is 24.3 Å². The largest absolute Gasteiger partial charge is 0.397 e. The van der Waals surface area contributed by atoms with Crippen LogP contribution >= 0.6 is 34.5 Å². The number of nitrogens with one attached hydrogen (secondary N) is 1. The number of nitrogen functional groups attached to an aromatic ring is 1. The van der Waals surface area contributed by atoms with Crippen molar-refractivity contribution in [3.8, 4) is 0 Å². The first kappa shape index (κ1) is 13.1. The number of carbonyl (C=O) groups is 1. The fraction of sp³-hybridized carbons (Fsp3) is 0. The minimum atomic E-state index is -0.492. The van der Waals surface area contributed by atoms with E-state index in [9.17, 15) is 9.18 Å². The van der Waals surface area contributed by atoms with Crippen molar-refractivity contribution >= 4 is 51.8 Å². The number of hydrogen-bond donors (Lipinski definition) is 2. The molecule has 0 aliphatic carbocycles. The van der Waals surface area contributed by atoms with Gasteiger partial charge in [-0.25, -0.2) is 4.39 Å². The molecule has 1 heterocycles. The molecule has 0 saturated heterocycles. The number of hydrogen-bond acceptors (Lipinski definition) is 3. The molecule has 0 unspecified atom stereocenters. The predicted octanol–water partition coefficient (Wildman–Crippen LogP) is 4.03. The fourth-order valence-corrected chi connectivity index (χ4v) is 2.78. The van der Waals surface area contributed by atoms with Crippen LogP contribution in [0.5, 0.6) is 0 Å². The van der Waals surface area contributed by atoms with Gasteiger partial charge in [-0.2, -0.15) is 0 Å². The molecule has 2 aromatic rings. The maximum atomic E-state index is 13.0. The van der Waals surface area contributed by atoms with Crippen LogP contribution in [0, 0.1) is 5.82 Å². The highest BCUT2D eigenvalue weighted by atomic mass is 35.5. The number of nitrogens with two attached hydrogens (primary N) is 1. The van der Waals surface area contributed by atoms with E-state index >= 15 is 0 Å². The zero-order valence-corrected chi connectivity index (χ0v) is 11.2. The lowest BCUT2D eigenvalue weighted by atomic mass is 10.2. The molecule has 0 aliphatic heterocycles. The smallest absolute Gasteiger partial charge is 0.258 e. The van der Waals surface area contributed by atoms with E-state index in [-0.39, 0.29) is 21.3 Å². The molecule has 0 radical (unpaired) electrons. The Morgan fingerprint density at radius 2 is 2.06 bits per heavy atom. The molecule has 1 amide bonds. The van der Waals surface area contributed by atoms with Crippen LogP contribution < -0.4 is 11.1 Å². The van der Waals surface area contributed by atoms with Gasteiger partial charge in [-0.3, -0.25) is 4.79 Å². The highest BCUT2D eigenvalue weighted by molar-refractivity contribution is 7.20. The van der Waals surface area contributed by atoms with Crippen LogP contribution in [0.3, 0.4) is 0 Å². The van der Waals surface area contributed by atoms with Gasteiger partial charge in [0.15, 0.2) is 0 Å². The van der Waals surface area contributed by atoms with Gasteiger partial charge in [-0.15, -0.1) is 11.3 Å². The Morgan fingerprint density at radius 1 is 1.33 bits per heavy atom. The maximum Gasteiger partial charge on any atom is 0.258 e. The van der Waals surface area contributed by atoms with E-state index in [1.54, 1.807) is 0 Å². The molecule has 0 saturated carbocycles. The van der Waals surface area contributed by atoms with E-state index in [4.69, 9.17) is 28.9 Å². The SMILES string of the molecule is Nc1ccc(F)cc1NC(=O)c1cc(Cl)sc1Cl. The third-order valence-corrected chi connectivity index (χ3v) is 3.65. The average Bonchev–Trinajstić information content (AvgIpc) is 2.63. The summed E-state index contributed by atoms with van der Waals surface area (Å²) in [5, 5.41) is 2.48. The highest BCUT2D eigenvalue weighted by Gasteiger charge is 2.15. The van der Waals surface area contributed by atoms with Crippen molar-refractivity contribution in [1.29, 1.82) is 0 Å². The molecule has 1 aromatic heterocycles. The van der Waals surface area contributed by atoms with E-state index < -0.39 is 11.7 Å². The number of halogens is 3. The van der Waals surface area contributed by atoms with Gasteiger partial charge in [-0.05, 0) is 24.3 Å². The lowest BCUT2D eigenvalue weighted by Crippen LogP contribution is -2.13. The van der Waals surface area contributed by atoms with Gasteiger partial charge in [0.05, 0.1) is 21.3 Å². The summed E-state index contributed by atoms with van der Waals surface area (Å²) < 4.78 is 13.7. The Labute approximate surface area is 116 Å². The Hall–Kier alpha value is -1.30. The van der Waals surface area contributed by atoms with Crippen LogP contribution in [0.4, 0.5) is 15.8 Å². The van der Waals surface area contributed by atoms with Gasteiger partial charge in [0.1, 0.15) is 10.2 Å². The van der Waals surface area contributed by atoms with Crippen LogP contribution in [0.1, 0.15) is 10.4 Å². The van der Waals surface area contributed by atoms with Gasteiger partial charge in [0.25, 0.3) is 5.91 Å². The van der Waals surface area contributed by atoms with Gasteiger partial charge in [-0.1, -0.05) is 23.2 Å². The molecular formula is C11H7Cl2FN2OS. The van der Waals surface area contributed by atoms with Crippen LogP contribution in [0.2, 0.25) is 8.67 Å². The normalized spacial score (nSPS) is 10.4. The number of amides is 1. The zero-order chi connectivity index (χ0) is 13.3. The zero-order valence-electron chi connectivity index (χ0n) is 8.84. The summed E-state index contributed by atoms with van der Waals surface area (Å²) in [4.78, 5) is 11.9. The summed E-state index contributed by atoms with van der Waals surface area (Å²) in [7, 11) is 0. The topological polar surface area (TPSA) is 55.1 Å². The molecule has 2 rings (SSSR count). The standard InChI is InChI=1S/C11H7Cl2FN2OS/c12-9-4-6(10(13)18-9)11(17)16-8-3-5(14)1-2-7(8)15/h1-4H,15H2,(H,16,17). The van der Waals surface area contributed by atoms with Crippen LogP contribution in [-0.2, 0) is 0 Å². The van der Waals surface area contributed by atoms with Crippen molar-refractivity contribution in [1.82, 2.24) is 0 Å². The van der Waals surface area contributed by atoms with Gasteiger partial charge < -0.3 is 11.1 Å². The molecule has 0 spiro atoms. The maximum absolute atomic E-state index is 13.0. The van der Waals surface area contributed by atoms with Gasteiger partial charge >= 0.3 is 0 Å². The number of rotatable bonds is 2. The number of carbonyl (C=O) groups excluding carboxylic acids is 1. The third kappa shape index (κ3) is 2.75. The highest BCUT2D eigenvalue weighted by Crippen LogP contribution is 2.32. The van der Waals surface area contributed by atoms with E-state index in [2.05, 4.69) is 5.32 Å². The monoisotopic (exact) mass is 304 g/mol. The summed E-state index contributed by atoms with van der Waals surface area (Å²) in [5.41, 5.74) is 6.31. The second-order valence-electron chi connectivity index (χ2n) is 3.42. The Balaban J connectivity index is 2.26. The summed E-state index contributed by atoms with van der Waals surface area (Å²) >= 11 is 12.7. The summed E-state index contributed by atoms with van der Waals surface area (Å²) in [6, 6.07) is 5.15. The minimum Gasteiger partial charge on any atom is -0.397 e. The fourth-order valence-electron chi connectivity index (χ4n) is 1.32. The van der Waals surface area contributed by atoms with E-state index in [1.165, 1.54) is 18.2 Å². The van der Waals surface area contributed by atoms with E-state index in [0.717, 1.165) is 17.4 Å². The molecule has 1 aromatic carbocycles. The average molecular weight is 305 g/mol. The molecule has 0 atom stereocenters. The first-order valence-electron chi connectivity index (χ1n) is 4.78. The Bertz CT molecular complexity index is 615. The predicted molar refractivity (Wildman–Crippen MR) is 73.1 cm³/mol. The Morgan fingerprint density at radius 3 is 2.67 bits per heavy atom. The van der Waals surface area contributed by atoms with Crippen LogP contribution in [0.25, 0.3) is 0 Å². The molecule has 0 bridgehead atoms. The van der Waals surface area contributed by atoms with Crippen LogP contribution in [-0.4, -0.2) is 5.91 Å². The number of thiophene rings is 1. The number of benzene rings is 1. The van der Waals surface area contributed by atoms with E-state index in [1.807, 2.05) is 0 Å². The quantitative estimate of drug-likeness (QED) is 0.823. The van der Waals surface area contributed by atoms with Crippen molar-refractivity contribution in [3.05, 3.63) is 44.3 Å². The third-order valence-electron chi connectivity index (χ3n) is 2.16. The Kier molecular flexibility index (Phi) is 3.75. The molecular weight excluding hydrogens is 298 g/mol. The first-order chi connectivity index (χ1) is 8.47. The summed E-state index contributed by atoms with van der Waals surface area (Å²) in [6.45, 7) is 0. The van der Waals surface area contributed by atoms with Gasteiger partial charge in [0, 0.05) is 0 Å². The molecule has 0 fully saturated rings. The molecule has 3 nitrogen and oxygen atoms in total. The van der Waals surface area contributed by atoms with Crippen molar-refractivity contribution in [2.75, 3.05) is 11.1 Å². The van der Waals surface area contributed by atoms with Gasteiger partial charge in [0.2, 0.25) is 0 Å². The minimum absolute atomic E-state index is 0.193.